The minimum atomic E-state index is -0.703. The van der Waals surface area contributed by atoms with Gasteiger partial charge in [0.05, 0.1) is 30.3 Å². The van der Waals surface area contributed by atoms with Gasteiger partial charge < -0.3 is 14.2 Å². The van der Waals surface area contributed by atoms with E-state index in [1.165, 1.54) is 6.20 Å². The van der Waals surface area contributed by atoms with Gasteiger partial charge in [0, 0.05) is 12.3 Å². The lowest BCUT2D eigenvalue weighted by molar-refractivity contribution is -0.386. The highest BCUT2D eigenvalue weighted by atomic mass is 16.6. The molecule has 0 spiro atoms. The lowest BCUT2D eigenvalue weighted by Crippen LogP contribution is -2.12. The summed E-state index contributed by atoms with van der Waals surface area (Å²) in [6, 6.07) is 10.7. The summed E-state index contributed by atoms with van der Waals surface area (Å²) in [5, 5.41) is 11.1. The Morgan fingerprint density at radius 2 is 1.96 bits per heavy atom. The average Bonchev–Trinajstić information content (AvgIpc) is 2.66. The molecule has 8 nitrogen and oxygen atoms in total. The van der Waals surface area contributed by atoms with E-state index in [4.69, 9.17) is 14.2 Å². The molecule has 1 aromatic carbocycles. The van der Waals surface area contributed by atoms with Crippen molar-refractivity contribution < 1.29 is 23.9 Å². The lowest BCUT2D eigenvalue weighted by Gasteiger charge is -2.08. The van der Waals surface area contributed by atoms with Gasteiger partial charge in [-0.2, -0.15) is 0 Å². The molecule has 26 heavy (non-hydrogen) atoms. The van der Waals surface area contributed by atoms with Crippen molar-refractivity contribution in [1.82, 2.24) is 4.98 Å². The number of hydrogen-bond donors (Lipinski definition) is 0. The monoisotopic (exact) mass is 360 g/mol. The normalized spacial score (nSPS) is 10.3. The van der Waals surface area contributed by atoms with E-state index in [9.17, 15) is 14.9 Å². The first-order valence-corrected chi connectivity index (χ1v) is 8.18. The zero-order valence-corrected chi connectivity index (χ0v) is 14.4. The predicted octanol–water partition coefficient (Wildman–Crippen LogP) is 3.15. The van der Waals surface area contributed by atoms with E-state index >= 15 is 0 Å². The zero-order chi connectivity index (χ0) is 18.8. The fourth-order valence-electron chi connectivity index (χ4n) is 2.03. The van der Waals surface area contributed by atoms with E-state index in [-0.39, 0.29) is 30.3 Å². The SMILES string of the molecule is CCCOc1ncc(C(=O)OCCOCc2ccccc2)cc1[N+](=O)[O-]. The molecule has 0 saturated heterocycles. The molecule has 0 aliphatic heterocycles. The van der Waals surface area contributed by atoms with Crippen LogP contribution in [0.4, 0.5) is 5.69 Å². The minimum Gasteiger partial charge on any atom is -0.473 e. The van der Waals surface area contributed by atoms with E-state index in [1.807, 2.05) is 37.3 Å². The van der Waals surface area contributed by atoms with E-state index < -0.39 is 10.9 Å². The Morgan fingerprint density at radius 3 is 2.65 bits per heavy atom. The van der Waals surface area contributed by atoms with Crippen molar-refractivity contribution in [2.45, 2.75) is 20.0 Å². The molecular formula is C18H20N2O6. The molecule has 0 amide bonds. The van der Waals surface area contributed by atoms with Crippen LogP contribution in [0.2, 0.25) is 0 Å². The van der Waals surface area contributed by atoms with E-state index in [0.717, 1.165) is 11.6 Å². The summed E-state index contributed by atoms with van der Waals surface area (Å²) in [6.45, 7) is 2.84. The molecule has 0 bridgehead atoms. The summed E-state index contributed by atoms with van der Waals surface area (Å²) in [5.74, 6) is -0.814. The summed E-state index contributed by atoms with van der Waals surface area (Å²) in [5.41, 5.74) is 0.637. The minimum absolute atomic E-state index is 0.0105. The van der Waals surface area contributed by atoms with E-state index in [0.29, 0.717) is 19.6 Å². The molecule has 0 N–H and O–H groups in total. The second kappa shape index (κ2) is 10.1. The Labute approximate surface area is 150 Å². The molecule has 138 valence electrons. The van der Waals surface area contributed by atoms with Crippen LogP contribution in [0, 0.1) is 10.1 Å². The van der Waals surface area contributed by atoms with Crippen LogP contribution >= 0.6 is 0 Å². The number of carbonyl (C=O) groups is 1. The van der Waals surface area contributed by atoms with Gasteiger partial charge in [0.15, 0.2) is 0 Å². The van der Waals surface area contributed by atoms with Crippen molar-refractivity contribution in [3.63, 3.8) is 0 Å². The Bertz CT molecular complexity index is 736. The first-order chi connectivity index (χ1) is 12.6. The molecule has 1 heterocycles. The quantitative estimate of drug-likeness (QED) is 0.278. The number of rotatable bonds is 10. The maximum Gasteiger partial charge on any atom is 0.340 e. The Hall–Kier alpha value is -3.00. The van der Waals surface area contributed by atoms with Crippen molar-refractivity contribution in [1.29, 1.82) is 0 Å². The largest absolute Gasteiger partial charge is 0.473 e. The van der Waals surface area contributed by atoms with Gasteiger partial charge in [0.2, 0.25) is 0 Å². The molecule has 2 aromatic rings. The number of benzene rings is 1. The molecule has 0 fully saturated rings. The molecule has 0 atom stereocenters. The number of carbonyl (C=O) groups excluding carboxylic acids is 1. The Morgan fingerprint density at radius 1 is 1.19 bits per heavy atom. The van der Waals surface area contributed by atoms with Crippen LogP contribution in [-0.2, 0) is 16.1 Å². The van der Waals surface area contributed by atoms with Gasteiger partial charge in [-0.3, -0.25) is 10.1 Å². The van der Waals surface area contributed by atoms with Gasteiger partial charge in [0.25, 0.3) is 5.88 Å². The fraction of sp³-hybridized carbons (Fsp3) is 0.333. The van der Waals surface area contributed by atoms with Crippen LogP contribution in [0.1, 0.15) is 29.3 Å². The molecule has 0 unspecified atom stereocenters. The topological polar surface area (TPSA) is 101 Å². The van der Waals surface area contributed by atoms with Crippen molar-refractivity contribution in [3.8, 4) is 5.88 Å². The number of pyridine rings is 1. The second-order valence-corrected chi connectivity index (χ2v) is 5.33. The predicted molar refractivity (Wildman–Crippen MR) is 93.1 cm³/mol. The number of nitro groups is 1. The molecule has 0 aliphatic carbocycles. The van der Waals surface area contributed by atoms with Crippen LogP contribution < -0.4 is 4.74 Å². The van der Waals surface area contributed by atoms with Crippen LogP contribution in [0.5, 0.6) is 5.88 Å². The molecule has 8 heteroatoms. The smallest absolute Gasteiger partial charge is 0.340 e. The number of aromatic nitrogens is 1. The van der Waals surface area contributed by atoms with Gasteiger partial charge in [-0.25, -0.2) is 9.78 Å². The maximum absolute atomic E-state index is 12.0. The number of ether oxygens (including phenoxy) is 3. The molecular weight excluding hydrogens is 340 g/mol. The lowest BCUT2D eigenvalue weighted by atomic mass is 10.2. The van der Waals surface area contributed by atoms with Crippen LogP contribution in [0.3, 0.4) is 0 Å². The third-order valence-electron chi connectivity index (χ3n) is 3.28. The highest BCUT2D eigenvalue weighted by Crippen LogP contribution is 2.25. The number of esters is 1. The van der Waals surface area contributed by atoms with Gasteiger partial charge in [0.1, 0.15) is 6.61 Å². The standard InChI is InChI=1S/C18H20N2O6/c1-2-8-25-17-16(20(22)23)11-15(12-19-17)18(21)26-10-9-24-13-14-6-4-3-5-7-14/h3-7,11-12H,2,8-10,13H2,1H3. The van der Waals surface area contributed by atoms with E-state index in [2.05, 4.69) is 4.98 Å². The van der Waals surface area contributed by atoms with Crippen molar-refractivity contribution in [2.24, 2.45) is 0 Å². The van der Waals surface area contributed by atoms with Gasteiger partial charge in [-0.1, -0.05) is 37.3 Å². The summed E-state index contributed by atoms with van der Waals surface area (Å²) in [4.78, 5) is 26.3. The van der Waals surface area contributed by atoms with Gasteiger partial charge >= 0.3 is 11.7 Å². The van der Waals surface area contributed by atoms with Crippen LogP contribution in [0.15, 0.2) is 42.6 Å². The number of nitrogens with zero attached hydrogens (tertiary/aromatic N) is 2. The average molecular weight is 360 g/mol. The summed E-state index contributed by atoms with van der Waals surface area (Å²) in [6.07, 6.45) is 1.89. The van der Waals surface area contributed by atoms with Crippen LogP contribution in [-0.4, -0.2) is 35.7 Å². The summed E-state index contributed by atoms with van der Waals surface area (Å²) >= 11 is 0. The molecule has 0 aliphatic rings. The number of hydrogen-bond acceptors (Lipinski definition) is 7. The third kappa shape index (κ3) is 5.82. The van der Waals surface area contributed by atoms with Crippen molar-refractivity contribution in [3.05, 3.63) is 63.8 Å². The van der Waals surface area contributed by atoms with Gasteiger partial charge in [-0.05, 0) is 12.0 Å². The highest BCUT2D eigenvalue weighted by molar-refractivity contribution is 5.90. The first-order valence-electron chi connectivity index (χ1n) is 8.18. The zero-order valence-electron chi connectivity index (χ0n) is 14.4. The van der Waals surface area contributed by atoms with Crippen LogP contribution in [0.25, 0.3) is 0 Å². The first kappa shape index (κ1) is 19.3. The maximum atomic E-state index is 12.0. The van der Waals surface area contributed by atoms with Gasteiger partial charge in [-0.15, -0.1) is 0 Å². The fourth-order valence-corrected chi connectivity index (χ4v) is 2.03. The highest BCUT2D eigenvalue weighted by Gasteiger charge is 2.21. The molecule has 0 radical (unpaired) electrons. The molecule has 0 saturated carbocycles. The molecule has 1 aromatic heterocycles. The van der Waals surface area contributed by atoms with Crippen molar-refractivity contribution >= 4 is 11.7 Å². The molecule has 2 rings (SSSR count). The summed E-state index contributed by atoms with van der Waals surface area (Å²) < 4.78 is 15.7. The second-order valence-electron chi connectivity index (χ2n) is 5.33. The third-order valence-corrected chi connectivity index (χ3v) is 3.28. The van der Waals surface area contributed by atoms with E-state index in [1.54, 1.807) is 0 Å². The summed E-state index contributed by atoms with van der Waals surface area (Å²) in [7, 11) is 0. The Kier molecular flexibility index (Phi) is 7.50. The Balaban J connectivity index is 1.84. The van der Waals surface area contributed by atoms with Crippen molar-refractivity contribution in [2.75, 3.05) is 19.8 Å².